The molecular weight excluding hydrogens is 996 g/mol. The van der Waals surface area contributed by atoms with E-state index in [1.807, 2.05) is 27.2 Å². The predicted octanol–water partition coefficient (Wildman–Crippen LogP) is 21.8. The number of allylic oxidation sites excluding steroid dienone is 7. The maximum Gasteiger partial charge on any atom is 0.472 e. The van der Waals surface area contributed by atoms with Crippen LogP contribution in [-0.2, 0) is 18.4 Å². The molecule has 0 aromatic carbocycles. The number of carbonyl (C=O) groups excluding carboxylic acids is 1. The van der Waals surface area contributed by atoms with E-state index in [9.17, 15) is 19.4 Å². The zero-order valence-electron chi connectivity index (χ0n) is 53.4. The van der Waals surface area contributed by atoms with Gasteiger partial charge in [-0.1, -0.05) is 313 Å². The molecule has 0 saturated carbocycles. The predicted molar refractivity (Wildman–Crippen MR) is 346 cm³/mol. The first-order chi connectivity index (χ1) is 38.5. The van der Waals surface area contributed by atoms with Gasteiger partial charge in [-0.15, -0.1) is 0 Å². The summed E-state index contributed by atoms with van der Waals surface area (Å²) in [6.45, 7) is 4.84. The smallest absolute Gasteiger partial charge is 0.387 e. The number of aliphatic hydroxyl groups excluding tert-OH is 1. The highest BCUT2D eigenvalue weighted by Gasteiger charge is 2.28. The molecule has 0 aromatic rings. The number of amides is 1. The first-order valence-corrected chi connectivity index (χ1v) is 36.0. The summed E-state index contributed by atoms with van der Waals surface area (Å²) in [4.78, 5) is 23.4. The van der Waals surface area contributed by atoms with Gasteiger partial charge in [0.1, 0.15) is 13.2 Å². The molecule has 1 amide bonds. The quantitative estimate of drug-likeness (QED) is 0.0243. The maximum absolute atomic E-state index is 13.0. The Morgan fingerprint density at radius 2 is 0.696 bits per heavy atom. The molecule has 0 aliphatic carbocycles. The molecule has 466 valence electrons. The second-order valence-corrected chi connectivity index (χ2v) is 26.3. The zero-order chi connectivity index (χ0) is 57.7. The standard InChI is InChI=1S/C70H135N2O6P/c1-6-8-10-12-14-16-18-20-22-24-26-28-30-32-33-34-35-36-37-38-40-42-44-46-48-50-52-54-56-58-60-62-64-70(74)71-68(67-78-79(75,76)77-66-65-72(3,4)5)69(73)63-61-59-57-55-53-51-49-47-45-43-41-39-31-29-27-25-23-21-19-17-15-13-11-9-7-2/h32-33,45,47,53,55,61,63,68-69,73H,6-31,34-44,46,48-52,54,56-60,62,64-67H2,1-5H3,(H-,71,74,75,76)/p+1/b33-32-,47-45+,55-53+,63-61+. The van der Waals surface area contributed by atoms with E-state index in [0.29, 0.717) is 17.4 Å². The Bertz CT molecular complexity index is 1430. The molecule has 0 spiro atoms. The largest absolute Gasteiger partial charge is 0.472 e. The number of phosphoric acid groups is 1. The molecule has 0 fully saturated rings. The first kappa shape index (κ1) is 77.5. The van der Waals surface area contributed by atoms with Crippen molar-refractivity contribution in [2.24, 2.45) is 0 Å². The Kier molecular flexibility index (Phi) is 59.8. The highest BCUT2D eigenvalue weighted by Crippen LogP contribution is 2.43. The van der Waals surface area contributed by atoms with E-state index in [-0.39, 0.29) is 19.1 Å². The van der Waals surface area contributed by atoms with Crippen molar-refractivity contribution in [3.05, 3.63) is 48.6 Å². The normalized spacial score (nSPS) is 14.0. The van der Waals surface area contributed by atoms with Crippen molar-refractivity contribution < 1.29 is 32.9 Å². The minimum atomic E-state index is -4.36. The van der Waals surface area contributed by atoms with Crippen LogP contribution in [-0.4, -0.2) is 73.4 Å². The molecule has 3 unspecified atom stereocenters. The van der Waals surface area contributed by atoms with Crippen LogP contribution in [0, 0.1) is 0 Å². The fourth-order valence-electron chi connectivity index (χ4n) is 10.4. The molecule has 9 heteroatoms. The number of unbranched alkanes of at least 4 members (excludes halogenated alkanes) is 45. The molecule has 0 radical (unpaired) electrons. The Morgan fingerprint density at radius 1 is 0.418 bits per heavy atom. The van der Waals surface area contributed by atoms with Crippen molar-refractivity contribution in [2.45, 2.75) is 353 Å². The van der Waals surface area contributed by atoms with Crippen LogP contribution in [0.5, 0.6) is 0 Å². The number of carbonyl (C=O) groups is 1. The summed E-state index contributed by atoms with van der Waals surface area (Å²) in [7, 11) is 1.56. The number of hydrogen-bond acceptors (Lipinski definition) is 5. The third-order valence-electron chi connectivity index (χ3n) is 15.7. The summed E-state index contributed by atoms with van der Waals surface area (Å²) in [5, 5.41) is 14.0. The van der Waals surface area contributed by atoms with Crippen LogP contribution in [0.1, 0.15) is 341 Å². The van der Waals surface area contributed by atoms with E-state index in [2.05, 4.69) is 55.6 Å². The molecule has 3 N–H and O–H groups in total. The lowest BCUT2D eigenvalue weighted by Gasteiger charge is -2.25. The monoisotopic (exact) mass is 1130 g/mol. The summed E-state index contributed by atoms with van der Waals surface area (Å²) < 4.78 is 23.8. The van der Waals surface area contributed by atoms with Gasteiger partial charge in [0.15, 0.2) is 0 Å². The number of nitrogens with zero attached hydrogens (tertiary/aromatic N) is 1. The minimum absolute atomic E-state index is 0.0541. The average Bonchev–Trinajstić information content (AvgIpc) is 3.42. The van der Waals surface area contributed by atoms with Crippen LogP contribution < -0.4 is 5.32 Å². The fraction of sp³-hybridized carbons (Fsp3) is 0.871. The number of hydrogen-bond donors (Lipinski definition) is 3. The van der Waals surface area contributed by atoms with Crippen LogP contribution >= 0.6 is 7.82 Å². The molecule has 79 heavy (non-hydrogen) atoms. The van der Waals surface area contributed by atoms with Gasteiger partial charge in [-0.2, -0.15) is 0 Å². The van der Waals surface area contributed by atoms with Crippen LogP contribution in [0.25, 0.3) is 0 Å². The number of likely N-dealkylation sites (N-methyl/N-ethyl adjacent to an activating group) is 1. The SMILES string of the molecule is CCCCCCCCCCCCCC/C=C\CCCCCCCCCCCCCCCCCCC(=O)NC(COP(=O)(O)OCC[N+](C)(C)C)C(O)/C=C/CC/C=C/CC/C=C/CCCCCCCCCCCCCCCCC. The van der Waals surface area contributed by atoms with Crippen molar-refractivity contribution >= 4 is 13.7 Å². The zero-order valence-corrected chi connectivity index (χ0v) is 54.3. The number of quaternary nitrogens is 1. The molecule has 0 aliphatic rings. The highest BCUT2D eigenvalue weighted by atomic mass is 31.2. The van der Waals surface area contributed by atoms with Gasteiger partial charge in [0.2, 0.25) is 5.91 Å². The Labute approximate surface area is 492 Å². The topological polar surface area (TPSA) is 105 Å². The number of phosphoric ester groups is 1. The first-order valence-electron chi connectivity index (χ1n) is 34.5. The second-order valence-electron chi connectivity index (χ2n) is 24.9. The van der Waals surface area contributed by atoms with E-state index in [0.717, 1.165) is 44.9 Å². The molecule has 0 aromatic heterocycles. The molecule has 0 rings (SSSR count). The number of rotatable bonds is 64. The third-order valence-corrected chi connectivity index (χ3v) is 16.7. The molecule has 0 aliphatic heterocycles. The lowest BCUT2D eigenvalue weighted by Crippen LogP contribution is -2.45. The van der Waals surface area contributed by atoms with E-state index >= 15 is 0 Å². The Hall–Kier alpha value is -1.54. The van der Waals surface area contributed by atoms with Gasteiger partial charge in [-0.05, 0) is 70.6 Å². The van der Waals surface area contributed by atoms with Gasteiger partial charge in [0.25, 0.3) is 0 Å². The van der Waals surface area contributed by atoms with Gasteiger partial charge in [-0.25, -0.2) is 4.57 Å². The lowest BCUT2D eigenvalue weighted by atomic mass is 10.0. The highest BCUT2D eigenvalue weighted by molar-refractivity contribution is 7.47. The summed E-state index contributed by atoms with van der Waals surface area (Å²) in [6.07, 6.45) is 82.7. The number of aliphatic hydroxyl groups is 1. The molecular formula is C70H136N2O6P+. The Morgan fingerprint density at radius 3 is 1.01 bits per heavy atom. The molecule has 3 atom stereocenters. The van der Waals surface area contributed by atoms with Crippen LogP contribution in [0.3, 0.4) is 0 Å². The van der Waals surface area contributed by atoms with Gasteiger partial charge < -0.3 is 19.8 Å². The fourth-order valence-corrected chi connectivity index (χ4v) is 11.1. The van der Waals surface area contributed by atoms with E-state index in [4.69, 9.17) is 9.05 Å². The molecule has 0 bridgehead atoms. The van der Waals surface area contributed by atoms with Crippen molar-refractivity contribution in [2.75, 3.05) is 40.9 Å². The van der Waals surface area contributed by atoms with E-state index in [1.165, 1.54) is 276 Å². The summed E-state index contributed by atoms with van der Waals surface area (Å²) in [5.74, 6) is -0.186. The summed E-state index contributed by atoms with van der Waals surface area (Å²) in [6, 6.07) is -0.871. The van der Waals surface area contributed by atoms with E-state index in [1.54, 1.807) is 6.08 Å². The maximum atomic E-state index is 13.0. The Balaban J connectivity index is 4.10. The molecule has 0 saturated heterocycles. The summed E-state index contributed by atoms with van der Waals surface area (Å²) in [5.41, 5.74) is 0. The van der Waals surface area contributed by atoms with Gasteiger partial charge >= 0.3 is 7.82 Å². The van der Waals surface area contributed by atoms with Gasteiger partial charge in [-0.3, -0.25) is 13.8 Å². The van der Waals surface area contributed by atoms with Gasteiger partial charge in [0, 0.05) is 6.42 Å². The van der Waals surface area contributed by atoms with Crippen molar-refractivity contribution in [3.63, 3.8) is 0 Å². The molecule has 0 heterocycles. The van der Waals surface area contributed by atoms with Crippen molar-refractivity contribution in [1.29, 1.82) is 0 Å². The van der Waals surface area contributed by atoms with E-state index < -0.39 is 20.0 Å². The van der Waals surface area contributed by atoms with Crippen LogP contribution in [0.2, 0.25) is 0 Å². The number of nitrogens with one attached hydrogen (secondary N) is 1. The lowest BCUT2D eigenvalue weighted by molar-refractivity contribution is -0.870. The van der Waals surface area contributed by atoms with Crippen LogP contribution in [0.15, 0.2) is 48.6 Å². The van der Waals surface area contributed by atoms with Crippen molar-refractivity contribution in [3.8, 4) is 0 Å². The summed E-state index contributed by atoms with van der Waals surface area (Å²) >= 11 is 0. The van der Waals surface area contributed by atoms with Crippen molar-refractivity contribution in [1.82, 2.24) is 5.32 Å². The van der Waals surface area contributed by atoms with Gasteiger partial charge in [0.05, 0.1) is 39.9 Å². The van der Waals surface area contributed by atoms with Crippen LogP contribution in [0.4, 0.5) is 0 Å². The minimum Gasteiger partial charge on any atom is -0.387 e. The average molecular weight is 1130 g/mol. The third kappa shape index (κ3) is 63.9. The molecule has 8 nitrogen and oxygen atoms in total. The second kappa shape index (κ2) is 61.0.